The summed E-state index contributed by atoms with van der Waals surface area (Å²) in [6.07, 6.45) is -3.75. The average molecular weight is 550 g/mol. The van der Waals surface area contributed by atoms with E-state index in [0.717, 1.165) is 34.3 Å². The van der Waals surface area contributed by atoms with Crippen LogP contribution >= 0.6 is 11.3 Å². The minimum absolute atomic E-state index is 0.0139. The summed E-state index contributed by atoms with van der Waals surface area (Å²) in [5, 5.41) is 19.3. The van der Waals surface area contributed by atoms with Crippen molar-refractivity contribution >= 4 is 23.2 Å². The van der Waals surface area contributed by atoms with Gasteiger partial charge in [0.05, 0.1) is 37.1 Å². The number of aryl methyl sites for hydroxylation is 1. The third kappa shape index (κ3) is 8.76. The lowest BCUT2D eigenvalue weighted by Gasteiger charge is -2.09. The van der Waals surface area contributed by atoms with Gasteiger partial charge >= 0.3 is 6.18 Å². The van der Waals surface area contributed by atoms with Crippen LogP contribution in [0.5, 0.6) is 0 Å². The van der Waals surface area contributed by atoms with Gasteiger partial charge in [-0.25, -0.2) is 17.9 Å². The SMILES string of the molecule is CC(F)(F)CNC(=O)c1nnc(CCC(F)Cn2cc(C(=O)NCc3cc(C(F)(F)F)ccn3)nn2)s1. The van der Waals surface area contributed by atoms with Crippen molar-refractivity contribution in [1.29, 1.82) is 0 Å². The predicted octanol–water partition coefficient (Wildman–Crippen LogP) is 2.83. The topological polar surface area (TPSA) is 128 Å². The normalized spacial score (nSPS) is 12.8. The summed E-state index contributed by atoms with van der Waals surface area (Å²) in [4.78, 5) is 27.8. The molecule has 0 bridgehead atoms. The van der Waals surface area contributed by atoms with Crippen molar-refractivity contribution in [2.45, 2.75) is 51.1 Å². The van der Waals surface area contributed by atoms with Crippen LogP contribution in [0.25, 0.3) is 0 Å². The summed E-state index contributed by atoms with van der Waals surface area (Å²) in [5.74, 6) is -4.62. The lowest BCUT2D eigenvalue weighted by Crippen LogP contribution is -2.34. The fourth-order valence-electron chi connectivity index (χ4n) is 2.84. The molecule has 37 heavy (non-hydrogen) atoms. The van der Waals surface area contributed by atoms with Gasteiger partial charge in [-0.3, -0.25) is 14.6 Å². The summed E-state index contributed by atoms with van der Waals surface area (Å²) in [6.45, 7) is -0.742. The van der Waals surface area contributed by atoms with Crippen molar-refractivity contribution in [1.82, 2.24) is 40.8 Å². The largest absolute Gasteiger partial charge is 0.416 e. The maximum Gasteiger partial charge on any atom is 0.416 e. The molecule has 17 heteroatoms. The summed E-state index contributed by atoms with van der Waals surface area (Å²) >= 11 is 0.853. The molecular formula is C20H20F6N8O2S. The van der Waals surface area contributed by atoms with Crippen molar-refractivity contribution in [2.75, 3.05) is 6.54 Å². The molecule has 0 saturated carbocycles. The molecule has 0 fully saturated rings. The molecule has 2 amide bonds. The van der Waals surface area contributed by atoms with Crippen molar-refractivity contribution in [3.63, 3.8) is 0 Å². The summed E-state index contributed by atoms with van der Waals surface area (Å²) in [5.41, 5.74) is -1.09. The molecule has 0 aliphatic heterocycles. The van der Waals surface area contributed by atoms with Gasteiger partial charge in [-0.15, -0.1) is 15.3 Å². The van der Waals surface area contributed by atoms with Gasteiger partial charge in [0.25, 0.3) is 17.7 Å². The van der Waals surface area contributed by atoms with Gasteiger partial charge < -0.3 is 10.6 Å². The van der Waals surface area contributed by atoms with Crippen molar-refractivity contribution in [3.8, 4) is 0 Å². The first-order chi connectivity index (χ1) is 17.3. The van der Waals surface area contributed by atoms with E-state index in [1.54, 1.807) is 0 Å². The van der Waals surface area contributed by atoms with Gasteiger partial charge in [0.1, 0.15) is 11.2 Å². The number of amides is 2. The Hall–Kier alpha value is -3.63. The zero-order valence-corrected chi connectivity index (χ0v) is 19.9. The van der Waals surface area contributed by atoms with E-state index >= 15 is 0 Å². The molecule has 3 rings (SSSR count). The predicted molar refractivity (Wildman–Crippen MR) is 117 cm³/mol. The molecular weight excluding hydrogens is 530 g/mol. The molecule has 0 aliphatic rings. The molecule has 0 aromatic carbocycles. The highest BCUT2D eigenvalue weighted by Crippen LogP contribution is 2.29. The van der Waals surface area contributed by atoms with Crippen LogP contribution in [-0.2, 0) is 25.7 Å². The van der Waals surface area contributed by atoms with Crippen LogP contribution < -0.4 is 10.6 Å². The molecule has 2 N–H and O–H groups in total. The zero-order chi connectivity index (χ0) is 27.2. The molecule has 0 spiro atoms. The Labute approximate surface area is 209 Å². The maximum absolute atomic E-state index is 14.4. The molecule has 10 nitrogen and oxygen atoms in total. The van der Waals surface area contributed by atoms with Crippen molar-refractivity contribution in [3.05, 3.63) is 51.5 Å². The van der Waals surface area contributed by atoms with Crippen LogP contribution in [0.4, 0.5) is 26.3 Å². The lowest BCUT2D eigenvalue weighted by molar-refractivity contribution is -0.137. The fourth-order valence-corrected chi connectivity index (χ4v) is 3.61. The third-order valence-corrected chi connectivity index (χ3v) is 5.60. The lowest BCUT2D eigenvalue weighted by atomic mass is 10.2. The van der Waals surface area contributed by atoms with E-state index in [0.29, 0.717) is 11.9 Å². The minimum Gasteiger partial charge on any atom is -0.345 e. The quantitative estimate of drug-likeness (QED) is 0.352. The highest BCUT2D eigenvalue weighted by atomic mass is 32.1. The van der Waals surface area contributed by atoms with E-state index in [2.05, 4.69) is 30.8 Å². The van der Waals surface area contributed by atoms with Crippen LogP contribution in [-0.4, -0.2) is 60.6 Å². The number of alkyl halides is 6. The number of aromatic nitrogens is 6. The Morgan fingerprint density at radius 2 is 1.86 bits per heavy atom. The molecule has 1 unspecified atom stereocenters. The molecule has 200 valence electrons. The highest BCUT2D eigenvalue weighted by Gasteiger charge is 2.30. The van der Waals surface area contributed by atoms with Crippen LogP contribution in [0.1, 0.15) is 49.9 Å². The number of carbonyl (C=O) groups is 2. The third-order valence-electron chi connectivity index (χ3n) is 4.62. The minimum atomic E-state index is -4.55. The van der Waals surface area contributed by atoms with E-state index in [4.69, 9.17) is 0 Å². The van der Waals surface area contributed by atoms with Gasteiger partial charge in [0, 0.05) is 19.5 Å². The van der Waals surface area contributed by atoms with E-state index < -0.39 is 42.2 Å². The number of halogens is 6. The first-order valence-electron chi connectivity index (χ1n) is 10.6. The first-order valence-corrected chi connectivity index (χ1v) is 11.4. The van der Waals surface area contributed by atoms with Gasteiger partial charge in [0.2, 0.25) is 5.01 Å². The number of nitrogens with zero attached hydrogens (tertiary/aromatic N) is 6. The van der Waals surface area contributed by atoms with E-state index in [1.165, 1.54) is 6.20 Å². The molecule has 0 aliphatic carbocycles. The molecule has 0 radical (unpaired) electrons. The molecule has 1 atom stereocenters. The second kappa shape index (κ2) is 11.6. The van der Waals surface area contributed by atoms with E-state index in [1.807, 2.05) is 5.32 Å². The molecule has 3 aromatic heterocycles. The smallest absolute Gasteiger partial charge is 0.345 e. The summed E-state index contributed by atoms with van der Waals surface area (Å²) in [6, 6.07) is 1.62. The van der Waals surface area contributed by atoms with Crippen LogP contribution in [0.2, 0.25) is 0 Å². The van der Waals surface area contributed by atoms with Gasteiger partial charge in [-0.05, 0) is 18.6 Å². The summed E-state index contributed by atoms with van der Waals surface area (Å²) in [7, 11) is 0. The Morgan fingerprint density at radius 3 is 2.57 bits per heavy atom. The van der Waals surface area contributed by atoms with Crippen LogP contribution in [0.15, 0.2) is 24.5 Å². The Bertz CT molecular complexity index is 1230. The van der Waals surface area contributed by atoms with Crippen LogP contribution in [0.3, 0.4) is 0 Å². The number of hydrogen-bond acceptors (Lipinski definition) is 8. The average Bonchev–Trinajstić information content (AvgIpc) is 3.49. The zero-order valence-electron chi connectivity index (χ0n) is 19.1. The Morgan fingerprint density at radius 1 is 1.11 bits per heavy atom. The highest BCUT2D eigenvalue weighted by molar-refractivity contribution is 7.13. The second-order valence-electron chi connectivity index (χ2n) is 7.93. The first kappa shape index (κ1) is 27.9. The van der Waals surface area contributed by atoms with Crippen LogP contribution in [0, 0.1) is 0 Å². The van der Waals surface area contributed by atoms with Crippen molar-refractivity contribution in [2.24, 2.45) is 0 Å². The van der Waals surface area contributed by atoms with Gasteiger partial charge in [-0.2, -0.15) is 13.2 Å². The maximum atomic E-state index is 14.4. The monoisotopic (exact) mass is 550 g/mol. The fraction of sp³-hybridized carbons (Fsp3) is 0.450. The summed E-state index contributed by atoms with van der Waals surface area (Å²) < 4.78 is 79.5. The Kier molecular flexibility index (Phi) is 8.77. The Balaban J connectivity index is 1.45. The standard InChI is InChI=1S/C20H20F6N8O2S/c1-19(22,23)10-29-17(36)18-32-31-15(37-18)3-2-12(21)8-34-9-14(30-33-34)16(35)28-7-13-6-11(4-5-27-13)20(24,25)26/h4-6,9,12H,2-3,7-8,10H2,1H3,(H,28,35)(H,29,36). The van der Waals surface area contributed by atoms with Crippen molar-refractivity contribution < 1.29 is 35.9 Å². The van der Waals surface area contributed by atoms with E-state index in [-0.39, 0.29) is 42.3 Å². The van der Waals surface area contributed by atoms with E-state index in [9.17, 15) is 35.9 Å². The van der Waals surface area contributed by atoms with Gasteiger partial charge in [-0.1, -0.05) is 16.6 Å². The molecule has 3 heterocycles. The second-order valence-corrected chi connectivity index (χ2v) is 8.99. The number of rotatable bonds is 11. The number of nitrogens with one attached hydrogen (secondary N) is 2. The van der Waals surface area contributed by atoms with Gasteiger partial charge in [0.15, 0.2) is 5.69 Å². The number of pyridine rings is 1. The number of carbonyl (C=O) groups excluding carboxylic acids is 2. The molecule has 0 saturated heterocycles. The number of hydrogen-bond donors (Lipinski definition) is 2. The molecule has 3 aromatic rings.